The number of benzene rings is 3. The van der Waals surface area contributed by atoms with E-state index in [0.717, 1.165) is 12.8 Å². The van der Waals surface area contributed by atoms with Crippen molar-refractivity contribution < 1.29 is 31.8 Å². The van der Waals surface area contributed by atoms with Crippen LogP contribution in [0.4, 0.5) is 17.6 Å². The van der Waals surface area contributed by atoms with Gasteiger partial charge < -0.3 is 14.2 Å². The molecule has 0 aliphatic carbocycles. The molecule has 1 aliphatic rings. The molecule has 0 bridgehead atoms. The van der Waals surface area contributed by atoms with Gasteiger partial charge in [0.25, 0.3) is 0 Å². The zero-order chi connectivity index (χ0) is 26.4. The monoisotopic (exact) mass is 514 g/mol. The number of hydrogen-bond donors (Lipinski definition) is 0. The van der Waals surface area contributed by atoms with Crippen molar-refractivity contribution in [3.8, 4) is 28.0 Å². The van der Waals surface area contributed by atoms with E-state index in [1.54, 1.807) is 0 Å². The maximum absolute atomic E-state index is 15.1. The lowest BCUT2D eigenvalue weighted by atomic mass is 9.98. The van der Waals surface area contributed by atoms with Crippen LogP contribution in [0.5, 0.6) is 5.75 Å². The van der Waals surface area contributed by atoms with Crippen LogP contribution in [0.3, 0.4) is 0 Å². The zero-order valence-electron chi connectivity index (χ0n) is 20.9. The van der Waals surface area contributed by atoms with Gasteiger partial charge in [0, 0.05) is 22.6 Å². The van der Waals surface area contributed by atoms with Crippen molar-refractivity contribution in [1.29, 1.82) is 0 Å². The van der Waals surface area contributed by atoms with Gasteiger partial charge in [0.2, 0.25) is 5.82 Å². The number of hydrogen-bond acceptors (Lipinski definition) is 3. The molecule has 1 saturated heterocycles. The first-order valence-electron chi connectivity index (χ1n) is 12.5. The fourth-order valence-corrected chi connectivity index (χ4v) is 4.26. The van der Waals surface area contributed by atoms with E-state index in [-0.39, 0.29) is 35.0 Å². The predicted octanol–water partition coefficient (Wildman–Crippen LogP) is 8.38. The van der Waals surface area contributed by atoms with Gasteiger partial charge in [-0.1, -0.05) is 55.5 Å². The Labute approximate surface area is 214 Å². The van der Waals surface area contributed by atoms with Crippen molar-refractivity contribution in [3.63, 3.8) is 0 Å². The largest absolute Gasteiger partial charge is 0.490 e. The topological polar surface area (TPSA) is 27.7 Å². The third-order valence-corrected chi connectivity index (χ3v) is 6.33. The fraction of sp³-hybridized carbons (Fsp3) is 0.333. The quantitative estimate of drug-likeness (QED) is 0.212. The van der Waals surface area contributed by atoms with Gasteiger partial charge in [0.05, 0.1) is 19.8 Å². The Bertz CT molecular complexity index is 1230. The van der Waals surface area contributed by atoms with Gasteiger partial charge in [-0.25, -0.2) is 13.2 Å². The van der Waals surface area contributed by atoms with Crippen LogP contribution >= 0.6 is 0 Å². The van der Waals surface area contributed by atoms with Gasteiger partial charge in [-0.05, 0) is 49.4 Å². The summed E-state index contributed by atoms with van der Waals surface area (Å²) in [6, 6.07) is 11.9. The number of allylic oxidation sites excluding steroid dienone is 2. The van der Waals surface area contributed by atoms with Crippen LogP contribution in [0.2, 0.25) is 0 Å². The maximum atomic E-state index is 15.1. The minimum Gasteiger partial charge on any atom is -0.490 e. The normalized spacial score (nSPS) is 17.9. The van der Waals surface area contributed by atoms with Crippen molar-refractivity contribution in [2.45, 2.75) is 39.4 Å². The first-order chi connectivity index (χ1) is 17.9. The van der Waals surface area contributed by atoms with Crippen molar-refractivity contribution in [2.24, 2.45) is 5.92 Å². The minimum atomic E-state index is -1.06. The molecule has 0 unspecified atom stereocenters. The third kappa shape index (κ3) is 6.05. The summed E-state index contributed by atoms with van der Waals surface area (Å²) >= 11 is 0. The molecule has 0 spiro atoms. The summed E-state index contributed by atoms with van der Waals surface area (Å²) in [5.74, 6) is -4.09. The van der Waals surface area contributed by atoms with Gasteiger partial charge in [-0.3, -0.25) is 0 Å². The standard InChI is InChI=1S/C30H30F4O3/c1-3-5-6-7-19-17-36-30(37-18-19)24-13-12-22(26(31)28(24)33)20-8-10-21(11-9-20)23-14-15-25(35-16-4-2)29(34)27(23)32/h3,5,8-15,19,30H,4,6-7,16-18H2,1-2H3/b5-3+. The van der Waals surface area contributed by atoms with Crippen LogP contribution < -0.4 is 4.74 Å². The predicted molar refractivity (Wildman–Crippen MR) is 135 cm³/mol. The SMILES string of the molecule is C/C=C/CCC1COC(c2ccc(-c3ccc(-c4ccc(OCCC)c(F)c4F)cc3)c(F)c2F)OC1. The number of halogens is 4. The Morgan fingerprint density at radius 1 is 0.811 bits per heavy atom. The summed E-state index contributed by atoms with van der Waals surface area (Å²) in [5.41, 5.74) is 0.888. The second-order valence-corrected chi connectivity index (χ2v) is 9.01. The van der Waals surface area contributed by atoms with Crippen LogP contribution in [0.1, 0.15) is 45.0 Å². The number of ether oxygens (including phenoxy) is 3. The van der Waals surface area contributed by atoms with E-state index < -0.39 is 29.6 Å². The third-order valence-electron chi connectivity index (χ3n) is 6.33. The Hall–Kier alpha value is -3.16. The number of rotatable bonds is 9. The lowest BCUT2D eigenvalue weighted by molar-refractivity contribution is -0.207. The molecule has 4 rings (SSSR count). The van der Waals surface area contributed by atoms with Crippen LogP contribution in [0.25, 0.3) is 22.3 Å². The van der Waals surface area contributed by atoms with E-state index in [4.69, 9.17) is 14.2 Å². The molecule has 7 heteroatoms. The van der Waals surface area contributed by atoms with Crippen molar-refractivity contribution >= 4 is 0 Å². The van der Waals surface area contributed by atoms with Gasteiger partial charge in [0.15, 0.2) is 29.5 Å². The highest BCUT2D eigenvalue weighted by molar-refractivity contribution is 5.71. The molecule has 3 aromatic rings. The second kappa shape index (κ2) is 12.4. The summed E-state index contributed by atoms with van der Waals surface area (Å²) in [5, 5.41) is 0. The second-order valence-electron chi connectivity index (χ2n) is 9.01. The Kier molecular flexibility index (Phi) is 9.00. The summed E-state index contributed by atoms with van der Waals surface area (Å²) in [6.07, 6.45) is 5.57. The van der Waals surface area contributed by atoms with Gasteiger partial charge in [-0.2, -0.15) is 4.39 Å². The fourth-order valence-electron chi connectivity index (χ4n) is 4.26. The Morgan fingerprint density at radius 2 is 1.41 bits per heavy atom. The summed E-state index contributed by atoms with van der Waals surface area (Å²) in [7, 11) is 0. The van der Waals surface area contributed by atoms with Gasteiger partial charge in [-0.15, -0.1) is 0 Å². The van der Waals surface area contributed by atoms with E-state index in [2.05, 4.69) is 6.08 Å². The molecule has 0 N–H and O–H groups in total. The Morgan fingerprint density at radius 3 is 2.00 bits per heavy atom. The molecule has 37 heavy (non-hydrogen) atoms. The van der Waals surface area contributed by atoms with Gasteiger partial charge >= 0.3 is 0 Å². The van der Waals surface area contributed by atoms with E-state index in [0.29, 0.717) is 30.8 Å². The maximum Gasteiger partial charge on any atom is 0.201 e. The lowest BCUT2D eigenvalue weighted by Gasteiger charge is -2.29. The molecular weight excluding hydrogens is 484 g/mol. The minimum absolute atomic E-state index is 0.00713. The molecule has 0 aromatic heterocycles. The first kappa shape index (κ1) is 26.9. The summed E-state index contributed by atoms with van der Waals surface area (Å²) < 4.78 is 75.7. The molecular formula is C30H30F4O3. The highest BCUT2D eigenvalue weighted by Crippen LogP contribution is 2.35. The molecule has 1 heterocycles. The first-order valence-corrected chi connectivity index (χ1v) is 12.5. The molecule has 1 aliphatic heterocycles. The highest BCUT2D eigenvalue weighted by Gasteiger charge is 2.28. The Balaban J connectivity index is 1.49. The molecule has 196 valence electrons. The van der Waals surface area contributed by atoms with Crippen LogP contribution in [0, 0.1) is 29.2 Å². The molecule has 1 fully saturated rings. The van der Waals surface area contributed by atoms with Crippen molar-refractivity contribution in [1.82, 2.24) is 0 Å². The molecule has 0 radical (unpaired) electrons. The smallest absolute Gasteiger partial charge is 0.201 e. The summed E-state index contributed by atoms with van der Waals surface area (Å²) in [6.45, 7) is 4.93. The van der Waals surface area contributed by atoms with Crippen LogP contribution in [0.15, 0.2) is 60.7 Å². The molecule has 0 amide bonds. The van der Waals surface area contributed by atoms with Crippen molar-refractivity contribution in [2.75, 3.05) is 19.8 Å². The highest BCUT2D eigenvalue weighted by atomic mass is 19.2. The van der Waals surface area contributed by atoms with Crippen LogP contribution in [-0.4, -0.2) is 19.8 Å². The van der Waals surface area contributed by atoms with E-state index in [1.807, 2.05) is 19.9 Å². The zero-order valence-corrected chi connectivity index (χ0v) is 20.9. The van der Waals surface area contributed by atoms with Crippen LogP contribution in [-0.2, 0) is 9.47 Å². The summed E-state index contributed by atoms with van der Waals surface area (Å²) in [4.78, 5) is 0. The van der Waals surface area contributed by atoms with Gasteiger partial charge in [0.1, 0.15) is 0 Å². The van der Waals surface area contributed by atoms with Crippen molar-refractivity contribution in [3.05, 3.63) is 89.5 Å². The van der Waals surface area contributed by atoms with E-state index in [9.17, 15) is 13.2 Å². The van der Waals surface area contributed by atoms with E-state index in [1.165, 1.54) is 48.5 Å². The molecule has 0 atom stereocenters. The molecule has 3 nitrogen and oxygen atoms in total. The molecule has 0 saturated carbocycles. The average Bonchev–Trinajstić information content (AvgIpc) is 2.92. The lowest BCUT2D eigenvalue weighted by Crippen LogP contribution is -2.27. The molecule has 3 aromatic carbocycles. The van der Waals surface area contributed by atoms with E-state index >= 15 is 4.39 Å². The average molecular weight is 515 g/mol.